The maximum absolute atomic E-state index is 13.6. The van der Waals surface area contributed by atoms with Gasteiger partial charge in [0.15, 0.2) is 0 Å². The summed E-state index contributed by atoms with van der Waals surface area (Å²) in [6, 6.07) is 20.0. The van der Waals surface area contributed by atoms with E-state index in [9.17, 15) is 14.7 Å². The molecule has 3 aromatic carbocycles. The van der Waals surface area contributed by atoms with E-state index in [1.807, 2.05) is 18.2 Å². The van der Waals surface area contributed by atoms with E-state index in [2.05, 4.69) is 5.32 Å². The van der Waals surface area contributed by atoms with Crippen molar-refractivity contribution in [2.24, 2.45) is 0 Å². The lowest BCUT2D eigenvalue weighted by Gasteiger charge is -2.30. The van der Waals surface area contributed by atoms with E-state index < -0.39 is 23.3 Å². The van der Waals surface area contributed by atoms with Gasteiger partial charge in [-0.05, 0) is 62.2 Å². The van der Waals surface area contributed by atoms with Gasteiger partial charge in [-0.15, -0.1) is 0 Å². The van der Waals surface area contributed by atoms with Crippen LogP contribution in [0.2, 0.25) is 0 Å². The molecule has 0 spiro atoms. The highest BCUT2D eigenvalue weighted by Crippen LogP contribution is 2.39. The summed E-state index contributed by atoms with van der Waals surface area (Å²) in [6.07, 6.45) is -0.747. The molecule has 0 aliphatic carbocycles. The van der Waals surface area contributed by atoms with Gasteiger partial charge >= 0.3 is 12.1 Å². The SMILES string of the molecule is COc1ccc([C@](O)(C(=O)OCc2ccccc2)c2cc(OC)ccc2NC(=O)OC(C)(C)C)cc1. The minimum absolute atomic E-state index is 0.0518. The molecule has 2 N–H and O–H groups in total. The summed E-state index contributed by atoms with van der Waals surface area (Å²) in [4.78, 5) is 26.2. The van der Waals surface area contributed by atoms with Gasteiger partial charge in [-0.1, -0.05) is 42.5 Å². The molecule has 0 bridgehead atoms. The molecule has 0 unspecified atom stereocenters. The number of amides is 1. The van der Waals surface area contributed by atoms with E-state index in [0.717, 1.165) is 5.56 Å². The van der Waals surface area contributed by atoms with Crippen molar-refractivity contribution in [3.8, 4) is 11.5 Å². The quantitative estimate of drug-likeness (QED) is 0.424. The predicted octanol–water partition coefficient (Wildman–Crippen LogP) is 5.03. The highest BCUT2D eigenvalue weighted by molar-refractivity contribution is 5.92. The number of rotatable bonds is 8. The van der Waals surface area contributed by atoms with E-state index in [4.69, 9.17) is 18.9 Å². The molecule has 36 heavy (non-hydrogen) atoms. The number of benzene rings is 3. The van der Waals surface area contributed by atoms with Crippen LogP contribution in [-0.4, -0.2) is 37.0 Å². The van der Waals surface area contributed by atoms with E-state index in [-0.39, 0.29) is 23.4 Å². The smallest absolute Gasteiger partial charge is 0.412 e. The standard InChI is InChI=1S/C28H31NO7/c1-27(2,3)36-26(31)29-24-16-15-22(34-5)17-23(24)28(32,20-11-13-21(33-4)14-12-20)25(30)35-18-19-9-7-6-8-10-19/h6-17,32H,18H2,1-5H3,(H,29,31)/t28-/m1/s1. The van der Waals surface area contributed by atoms with Crippen LogP contribution in [0, 0.1) is 0 Å². The van der Waals surface area contributed by atoms with Crippen molar-refractivity contribution >= 4 is 17.7 Å². The topological polar surface area (TPSA) is 103 Å². The maximum Gasteiger partial charge on any atom is 0.412 e. The Morgan fingerprint density at radius 2 is 1.47 bits per heavy atom. The Balaban J connectivity index is 2.09. The van der Waals surface area contributed by atoms with Gasteiger partial charge in [0, 0.05) is 5.56 Å². The second-order valence-electron chi connectivity index (χ2n) is 9.04. The van der Waals surface area contributed by atoms with Crippen LogP contribution >= 0.6 is 0 Å². The number of anilines is 1. The summed E-state index contributed by atoms with van der Waals surface area (Å²) in [5.74, 6) is -0.0314. The Kier molecular flexibility index (Phi) is 8.22. The number of hydrogen-bond donors (Lipinski definition) is 2. The van der Waals surface area contributed by atoms with E-state index >= 15 is 0 Å². The first-order valence-electron chi connectivity index (χ1n) is 11.3. The van der Waals surface area contributed by atoms with Crippen molar-refractivity contribution in [3.05, 3.63) is 89.5 Å². The number of aliphatic hydroxyl groups is 1. The Morgan fingerprint density at radius 1 is 0.861 bits per heavy atom. The molecule has 190 valence electrons. The summed E-state index contributed by atoms with van der Waals surface area (Å²) in [5, 5.41) is 14.7. The summed E-state index contributed by atoms with van der Waals surface area (Å²) in [5.41, 5.74) is -1.89. The van der Waals surface area contributed by atoms with Gasteiger partial charge in [-0.2, -0.15) is 0 Å². The molecule has 1 atom stereocenters. The lowest BCUT2D eigenvalue weighted by molar-refractivity contribution is -0.163. The zero-order valence-corrected chi connectivity index (χ0v) is 21.0. The minimum atomic E-state index is -2.31. The summed E-state index contributed by atoms with van der Waals surface area (Å²) >= 11 is 0. The lowest BCUT2D eigenvalue weighted by Crippen LogP contribution is -2.39. The van der Waals surface area contributed by atoms with Crippen molar-refractivity contribution < 1.29 is 33.6 Å². The monoisotopic (exact) mass is 493 g/mol. The van der Waals surface area contributed by atoms with Crippen molar-refractivity contribution in [1.82, 2.24) is 0 Å². The first-order valence-corrected chi connectivity index (χ1v) is 11.3. The fraction of sp³-hybridized carbons (Fsp3) is 0.286. The fourth-order valence-electron chi connectivity index (χ4n) is 3.52. The van der Waals surface area contributed by atoms with E-state index in [0.29, 0.717) is 11.5 Å². The number of carbonyl (C=O) groups is 2. The number of carbonyl (C=O) groups excluding carboxylic acids is 2. The lowest BCUT2D eigenvalue weighted by atomic mass is 9.85. The number of ether oxygens (including phenoxy) is 4. The highest BCUT2D eigenvalue weighted by atomic mass is 16.6. The summed E-state index contributed by atoms with van der Waals surface area (Å²) < 4.78 is 21.5. The predicted molar refractivity (Wildman–Crippen MR) is 135 cm³/mol. The summed E-state index contributed by atoms with van der Waals surface area (Å²) in [6.45, 7) is 5.14. The molecule has 0 aromatic heterocycles. The van der Waals surface area contributed by atoms with Gasteiger partial charge in [0.1, 0.15) is 23.7 Å². The van der Waals surface area contributed by atoms with Crippen molar-refractivity contribution in [2.75, 3.05) is 19.5 Å². The molecule has 8 heteroatoms. The average Bonchev–Trinajstić information content (AvgIpc) is 2.86. The van der Waals surface area contributed by atoms with Crippen LogP contribution in [0.3, 0.4) is 0 Å². The maximum atomic E-state index is 13.6. The molecule has 8 nitrogen and oxygen atoms in total. The van der Waals surface area contributed by atoms with Gasteiger partial charge in [-0.25, -0.2) is 9.59 Å². The van der Waals surface area contributed by atoms with E-state index in [1.54, 1.807) is 63.2 Å². The van der Waals surface area contributed by atoms with Crippen LogP contribution < -0.4 is 14.8 Å². The molecule has 0 aliphatic rings. The number of esters is 1. The number of hydrogen-bond acceptors (Lipinski definition) is 7. The normalized spacial score (nSPS) is 12.7. The van der Waals surface area contributed by atoms with Gasteiger partial charge < -0.3 is 24.1 Å². The molecule has 0 fully saturated rings. The zero-order chi connectivity index (χ0) is 26.3. The minimum Gasteiger partial charge on any atom is -0.497 e. The molecule has 0 heterocycles. The summed E-state index contributed by atoms with van der Waals surface area (Å²) in [7, 11) is 2.97. The van der Waals surface area contributed by atoms with E-state index in [1.165, 1.54) is 26.4 Å². The molecule has 3 rings (SSSR count). The molecule has 0 saturated heterocycles. The third-order valence-corrected chi connectivity index (χ3v) is 5.27. The van der Waals surface area contributed by atoms with Crippen LogP contribution in [-0.2, 0) is 26.5 Å². The highest BCUT2D eigenvalue weighted by Gasteiger charge is 2.44. The average molecular weight is 494 g/mol. The number of nitrogens with one attached hydrogen (secondary N) is 1. The Hall–Kier alpha value is -4.04. The van der Waals surface area contributed by atoms with Gasteiger partial charge in [0.2, 0.25) is 5.60 Å². The van der Waals surface area contributed by atoms with Crippen LogP contribution in [0.5, 0.6) is 11.5 Å². The van der Waals surface area contributed by atoms with Crippen LogP contribution in [0.4, 0.5) is 10.5 Å². The molecular formula is C28H31NO7. The van der Waals surface area contributed by atoms with Crippen LogP contribution in [0.25, 0.3) is 0 Å². The van der Waals surface area contributed by atoms with Gasteiger partial charge in [-0.3, -0.25) is 5.32 Å². The number of methoxy groups -OCH3 is 2. The molecular weight excluding hydrogens is 462 g/mol. The third-order valence-electron chi connectivity index (χ3n) is 5.27. The molecule has 0 saturated carbocycles. The van der Waals surface area contributed by atoms with Crippen molar-refractivity contribution in [2.45, 2.75) is 38.6 Å². The molecule has 1 amide bonds. The second-order valence-corrected chi connectivity index (χ2v) is 9.04. The largest absolute Gasteiger partial charge is 0.497 e. The second kappa shape index (κ2) is 11.1. The first-order chi connectivity index (χ1) is 17.1. The van der Waals surface area contributed by atoms with Crippen molar-refractivity contribution in [1.29, 1.82) is 0 Å². The zero-order valence-electron chi connectivity index (χ0n) is 21.0. The molecule has 0 radical (unpaired) electrons. The Bertz CT molecular complexity index is 1190. The first kappa shape index (κ1) is 26.6. The third kappa shape index (κ3) is 6.34. The van der Waals surface area contributed by atoms with Crippen LogP contribution in [0.1, 0.15) is 37.5 Å². The molecule has 3 aromatic rings. The molecule has 0 aliphatic heterocycles. The van der Waals surface area contributed by atoms with Crippen molar-refractivity contribution in [3.63, 3.8) is 0 Å². The van der Waals surface area contributed by atoms with Gasteiger partial charge in [0.05, 0.1) is 19.9 Å². The Morgan fingerprint density at radius 3 is 2.06 bits per heavy atom. The van der Waals surface area contributed by atoms with Crippen LogP contribution in [0.15, 0.2) is 72.8 Å². The fourth-order valence-corrected chi connectivity index (χ4v) is 3.52. The Labute approximate surface area is 210 Å². The van der Waals surface area contributed by atoms with Gasteiger partial charge in [0.25, 0.3) is 0 Å².